The monoisotopic (exact) mass is 265 g/mol. The quantitative estimate of drug-likeness (QED) is 0.575. The number of hydrogen-bond donors (Lipinski definition) is 1. The summed E-state index contributed by atoms with van der Waals surface area (Å²) in [4.78, 5) is 0. The van der Waals surface area contributed by atoms with Crippen molar-refractivity contribution in [2.24, 2.45) is 5.92 Å². The fraction of sp³-hybridized carbons (Fsp3) is 1.00. The third-order valence-corrected chi connectivity index (χ3v) is 4.58. The first-order valence-corrected chi connectivity index (χ1v) is 8.24. The minimum absolute atomic E-state index is 0.327. The van der Waals surface area contributed by atoms with Crippen molar-refractivity contribution in [3.63, 3.8) is 0 Å². The second-order valence-electron chi connectivity index (χ2n) is 4.60. The summed E-state index contributed by atoms with van der Waals surface area (Å²) in [7, 11) is -1.11. The Kier molecular flexibility index (Phi) is 9.78. The summed E-state index contributed by atoms with van der Waals surface area (Å²) >= 11 is 0. The van der Waals surface area contributed by atoms with E-state index in [-0.39, 0.29) is 0 Å². The lowest BCUT2D eigenvalue weighted by Gasteiger charge is -2.12. The highest BCUT2D eigenvalue weighted by atomic mass is 32.2. The van der Waals surface area contributed by atoms with Crippen LogP contribution in [0.1, 0.15) is 33.1 Å². The van der Waals surface area contributed by atoms with Gasteiger partial charge in [0.15, 0.2) is 0 Å². The molecule has 0 aliphatic rings. The fourth-order valence-corrected chi connectivity index (χ4v) is 3.12. The molecule has 0 fully saturated rings. The molecule has 0 amide bonds. The standard InChI is InChI=1S/C12H27NO3S/c1-4-9-17(14,15)10-5-6-12(2)11-13-7-8-16-3/h12-13H,4-11H2,1-3H3. The van der Waals surface area contributed by atoms with Crippen LogP contribution in [0.15, 0.2) is 0 Å². The average Bonchev–Trinajstić information content (AvgIpc) is 2.24. The van der Waals surface area contributed by atoms with E-state index >= 15 is 0 Å². The number of hydrogen-bond acceptors (Lipinski definition) is 4. The number of ether oxygens (including phenoxy) is 1. The Morgan fingerprint density at radius 3 is 2.59 bits per heavy atom. The van der Waals surface area contributed by atoms with E-state index in [1.54, 1.807) is 7.11 Å². The molecule has 0 spiro atoms. The van der Waals surface area contributed by atoms with Gasteiger partial charge in [0.25, 0.3) is 0 Å². The van der Waals surface area contributed by atoms with Crippen LogP contribution in [0.2, 0.25) is 0 Å². The van der Waals surface area contributed by atoms with Crippen molar-refractivity contribution in [2.75, 3.05) is 38.3 Å². The van der Waals surface area contributed by atoms with Gasteiger partial charge in [0.1, 0.15) is 9.84 Å². The number of methoxy groups -OCH3 is 1. The molecular weight excluding hydrogens is 238 g/mol. The first kappa shape index (κ1) is 16.9. The first-order chi connectivity index (χ1) is 8.02. The van der Waals surface area contributed by atoms with Gasteiger partial charge >= 0.3 is 0 Å². The zero-order valence-corrected chi connectivity index (χ0v) is 12.2. The normalized spacial score (nSPS) is 13.8. The van der Waals surface area contributed by atoms with Crippen LogP contribution >= 0.6 is 0 Å². The van der Waals surface area contributed by atoms with E-state index in [9.17, 15) is 8.42 Å². The Balaban J connectivity index is 3.53. The van der Waals surface area contributed by atoms with Crippen LogP contribution in [0.5, 0.6) is 0 Å². The van der Waals surface area contributed by atoms with Crippen LogP contribution in [-0.4, -0.2) is 46.7 Å². The Labute approximate surface area is 106 Å². The van der Waals surface area contributed by atoms with E-state index in [2.05, 4.69) is 12.2 Å². The van der Waals surface area contributed by atoms with Gasteiger partial charge in [0.05, 0.1) is 12.4 Å². The van der Waals surface area contributed by atoms with E-state index in [0.717, 1.165) is 39.0 Å². The molecular formula is C12H27NO3S. The molecule has 0 saturated heterocycles. The minimum atomic E-state index is -2.80. The van der Waals surface area contributed by atoms with Crippen molar-refractivity contribution >= 4 is 9.84 Å². The largest absolute Gasteiger partial charge is 0.383 e. The third-order valence-electron chi connectivity index (χ3n) is 2.64. The molecule has 0 bridgehead atoms. The van der Waals surface area contributed by atoms with Gasteiger partial charge in [0, 0.05) is 19.4 Å². The van der Waals surface area contributed by atoms with Crippen molar-refractivity contribution in [1.29, 1.82) is 0 Å². The van der Waals surface area contributed by atoms with E-state index in [4.69, 9.17) is 4.74 Å². The Hall–Kier alpha value is -0.130. The highest BCUT2D eigenvalue weighted by Crippen LogP contribution is 2.07. The summed E-state index contributed by atoms with van der Waals surface area (Å²) < 4.78 is 27.9. The van der Waals surface area contributed by atoms with Gasteiger partial charge in [-0.1, -0.05) is 13.8 Å². The highest BCUT2D eigenvalue weighted by molar-refractivity contribution is 7.91. The maximum absolute atomic E-state index is 11.5. The zero-order valence-electron chi connectivity index (χ0n) is 11.4. The number of sulfone groups is 1. The van der Waals surface area contributed by atoms with Gasteiger partial charge in [-0.15, -0.1) is 0 Å². The highest BCUT2D eigenvalue weighted by Gasteiger charge is 2.10. The van der Waals surface area contributed by atoms with Crippen LogP contribution in [0.4, 0.5) is 0 Å². The van der Waals surface area contributed by atoms with Crippen molar-refractivity contribution in [1.82, 2.24) is 5.32 Å². The Morgan fingerprint density at radius 2 is 2.00 bits per heavy atom. The van der Waals surface area contributed by atoms with Gasteiger partial charge in [-0.2, -0.15) is 0 Å². The van der Waals surface area contributed by atoms with Crippen LogP contribution in [-0.2, 0) is 14.6 Å². The molecule has 5 heteroatoms. The predicted molar refractivity (Wildman–Crippen MR) is 72.1 cm³/mol. The molecule has 0 aliphatic heterocycles. The van der Waals surface area contributed by atoms with Crippen molar-refractivity contribution in [3.05, 3.63) is 0 Å². The molecule has 0 rings (SSSR count). The van der Waals surface area contributed by atoms with Crippen molar-refractivity contribution in [3.8, 4) is 0 Å². The average molecular weight is 265 g/mol. The maximum Gasteiger partial charge on any atom is 0.150 e. The second kappa shape index (κ2) is 9.85. The molecule has 1 N–H and O–H groups in total. The summed E-state index contributed by atoms with van der Waals surface area (Å²) in [6.07, 6.45) is 2.45. The first-order valence-electron chi connectivity index (χ1n) is 6.42. The minimum Gasteiger partial charge on any atom is -0.383 e. The van der Waals surface area contributed by atoms with Crippen LogP contribution in [0, 0.1) is 5.92 Å². The lowest BCUT2D eigenvalue weighted by molar-refractivity contribution is 0.198. The molecule has 0 radical (unpaired) electrons. The third kappa shape index (κ3) is 10.7. The topological polar surface area (TPSA) is 55.4 Å². The SMILES string of the molecule is CCCS(=O)(=O)CCCC(C)CNCCOC. The molecule has 17 heavy (non-hydrogen) atoms. The lowest BCUT2D eigenvalue weighted by Crippen LogP contribution is -2.25. The molecule has 0 saturated carbocycles. The van der Waals surface area contributed by atoms with E-state index in [0.29, 0.717) is 17.4 Å². The van der Waals surface area contributed by atoms with E-state index in [1.165, 1.54) is 0 Å². The predicted octanol–water partition coefficient (Wildman–Crippen LogP) is 1.46. The molecule has 0 aromatic rings. The molecule has 0 heterocycles. The van der Waals surface area contributed by atoms with E-state index in [1.807, 2.05) is 6.92 Å². The van der Waals surface area contributed by atoms with Gasteiger partial charge in [-0.3, -0.25) is 0 Å². The second-order valence-corrected chi connectivity index (χ2v) is 6.90. The molecule has 4 nitrogen and oxygen atoms in total. The van der Waals surface area contributed by atoms with Gasteiger partial charge in [0.2, 0.25) is 0 Å². The summed E-state index contributed by atoms with van der Waals surface area (Å²) in [5, 5.41) is 3.28. The van der Waals surface area contributed by atoms with Crippen molar-refractivity contribution < 1.29 is 13.2 Å². The zero-order chi connectivity index (χ0) is 13.1. The smallest absolute Gasteiger partial charge is 0.150 e. The van der Waals surface area contributed by atoms with Gasteiger partial charge in [-0.05, 0) is 31.7 Å². The van der Waals surface area contributed by atoms with Crippen molar-refractivity contribution in [2.45, 2.75) is 33.1 Å². The lowest BCUT2D eigenvalue weighted by atomic mass is 10.1. The van der Waals surface area contributed by atoms with Crippen LogP contribution in [0.3, 0.4) is 0 Å². The van der Waals surface area contributed by atoms with Gasteiger partial charge in [-0.25, -0.2) is 8.42 Å². The van der Waals surface area contributed by atoms with Crippen LogP contribution in [0.25, 0.3) is 0 Å². The summed E-state index contributed by atoms with van der Waals surface area (Å²) in [6.45, 7) is 6.55. The molecule has 0 aromatic heterocycles. The van der Waals surface area contributed by atoms with E-state index < -0.39 is 9.84 Å². The number of nitrogens with one attached hydrogen (secondary N) is 1. The molecule has 1 atom stereocenters. The molecule has 104 valence electrons. The molecule has 0 aromatic carbocycles. The fourth-order valence-electron chi connectivity index (χ4n) is 1.69. The Morgan fingerprint density at radius 1 is 1.29 bits per heavy atom. The summed E-state index contributed by atoms with van der Waals surface area (Å²) in [5.74, 6) is 1.18. The molecule has 1 unspecified atom stereocenters. The summed E-state index contributed by atoms with van der Waals surface area (Å²) in [6, 6.07) is 0. The summed E-state index contributed by atoms with van der Waals surface area (Å²) in [5.41, 5.74) is 0. The maximum atomic E-state index is 11.5. The molecule has 0 aliphatic carbocycles. The van der Waals surface area contributed by atoms with Gasteiger partial charge < -0.3 is 10.1 Å². The van der Waals surface area contributed by atoms with Crippen LogP contribution < -0.4 is 5.32 Å². The number of rotatable bonds is 11. The Bertz CT molecular complexity index is 265.